The van der Waals surface area contributed by atoms with Gasteiger partial charge in [-0.05, 0) is 26.7 Å². The van der Waals surface area contributed by atoms with Crippen LogP contribution < -0.4 is 10.1 Å². The van der Waals surface area contributed by atoms with E-state index in [2.05, 4.69) is 22.2 Å². The van der Waals surface area contributed by atoms with Gasteiger partial charge in [-0.25, -0.2) is 4.98 Å². The maximum atomic E-state index is 5.70. The van der Waals surface area contributed by atoms with E-state index < -0.39 is 0 Å². The molecule has 1 aromatic rings. The van der Waals surface area contributed by atoms with Crippen molar-refractivity contribution in [3.63, 3.8) is 0 Å². The molecule has 6 heteroatoms. The van der Waals surface area contributed by atoms with E-state index >= 15 is 0 Å². The first kappa shape index (κ1) is 17.7. The first-order chi connectivity index (χ1) is 10.2. The molecule has 120 valence electrons. The minimum Gasteiger partial charge on any atom is -0.475 e. The molecule has 0 unspecified atom stereocenters. The monoisotopic (exact) mass is 297 g/mol. The third-order valence-electron chi connectivity index (χ3n) is 2.86. The van der Waals surface area contributed by atoms with Crippen molar-refractivity contribution >= 4 is 5.82 Å². The number of aryl methyl sites for hydroxylation is 1. The van der Waals surface area contributed by atoms with Crippen LogP contribution in [0.1, 0.15) is 31.2 Å². The predicted octanol–water partition coefficient (Wildman–Crippen LogP) is 2.35. The lowest BCUT2D eigenvalue weighted by molar-refractivity contribution is 0.0793. The summed E-state index contributed by atoms with van der Waals surface area (Å²) in [5, 5.41) is 3.29. The molecule has 0 aliphatic carbocycles. The summed E-state index contributed by atoms with van der Waals surface area (Å²) in [6, 6.07) is 0. The van der Waals surface area contributed by atoms with E-state index in [1.165, 1.54) is 0 Å². The summed E-state index contributed by atoms with van der Waals surface area (Å²) in [5.74, 6) is 2.18. The second-order valence-corrected chi connectivity index (χ2v) is 4.78. The van der Waals surface area contributed by atoms with Crippen LogP contribution in [0.2, 0.25) is 0 Å². The average molecular weight is 297 g/mol. The summed E-state index contributed by atoms with van der Waals surface area (Å²) in [6.45, 7) is 9.27. The third kappa shape index (κ3) is 6.73. The van der Waals surface area contributed by atoms with E-state index in [0.29, 0.717) is 31.5 Å². The Morgan fingerprint density at radius 2 is 1.86 bits per heavy atom. The topological polar surface area (TPSA) is 65.5 Å². The number of methoxy groups -OCH3 is 1. The highest BCUT2D eigenvalue weighted by molar-refractivity contribution is 5.48. The second kappa shape index (κ2) is 10.3. The maximum Gasteiger partial charge on any atom is 0.221 e. The summed E-state index contributed by atoms with van der Waals surface area (Å²) in [7, 11) is 1.69. The molecule has 1 heterocycles. The SMILES string of the molecule is CCCNc1nc(C)nc(OCCOCCCOC)c1C. The van der Waals surface area contributed by atoms with Crippen molar-refractivity contribution in [1.82, 2.24) is 9.97 Å². The Kier molecular flexibility index (Phi) is 8.69. The molecule has 0 bridgehead atoms. The van der Waals surface area contributed by atoms with Crippen LogP contribution in [0.3, 0.4) is 0 Å². The summed E-state index contributed by atoms with van der Waals surface area (Å²) in [6.07, 6.45) is 1.95. The molecule has 0 atom stereocenters. The Labute approximate surface area is 127 Å². The van der Waals surface area contributed by atoms with Crippen LogP contribution in [0.5, 0.6) is 5.88 Å². The van der Waals surface area contributed by atoms with E-state index in [9.17, 15) is 0 Å². The van der Waals surface area contributed by atoms with Crippen LogP contribution in [0.15, 0.2) is 0 Å². The lowest BCUT2D eigenvalue weighted by atomic mass is 10.3. The van der Waals surface area contributed by atoms with Crippen LogP contribution >= 0.6 is 0 Å². The van der Waals surface area contributed by atoms with E-state index in [-0.39, 0.29) is 0 Å². The Bertz CT molecular complexity index is 413. The third-order valence-corrected chi connectivity index (χ3v) is 2.86. The average Bonchev–Trinajstić information content (AvgIpc) is 2.47. The molecule has 1 aromatic heterocycles. The van der Waals surface area contributed by atoms with Gasteiger partial charge in [0.2, 0.25) is 5.88 Å². The van der Waals surface area contributed by atoms with Gasteiger partial charge in [0.25, 0.3) is 0 Å². The van der Waals surface area contributed by atoms with Crippen molar-refractivity contribution in [1.29, 1.82) is 0 Å². The number of ether oxygens (including phenoxy) is 3. The molecule has 0 radical (unpaired) electrons. The molecule has 0 saturated heterocycles. The Balaban J connectivity index is 2.41. The molecule has 0 amide bonds. The van der Waals surface area contributed by atoms with Gasteiger partial charge in [0.15, 0.2) is 0 Å². The van der Waals surface area contributed by atoms with Crippen LogP contribution in [0.4, 0.5) is 5.82 Å². The van der Waals surface area contributed by atoms with E-state index in [0.717, 1.165) is 37.4 Å². The largest absolute Gasteiger partial charge is 0.475 e. The molecule has 0 aliphatic rings. The van der Waals surface area contributed by atoms with Crippen molar-refractivity contribution < 1.29 is 14.2 Å². The fourth-order valence-electron chi connectivity index (χ4n) is 1.76. The van der Waals surface area contributed by atoms with Gasteiger partial charge in [-0.1, -0.05) is 6.92 Å². The Hall–Kier alpha value is -1.40. The first-order valence-corrected chi connectivity index (χ1v) is 7.47. The van der Waals surface area contributed by atoms with Crippen LogP contribution in [-0.2, 0) is 9.47 Å². The molecular formula is C15H27N3O3. The summed E-state index contributed by atoms with van der Waals surface area (Å²) in [5.41, 5.74) is 0.938. The van der Waals surface area contributed by atoms with Gasteiger partial charge in [-0.2, -0.15) is 4.98 Å². The number of anilines is 1. The van der Waals surface area contributed by atoms with Crippen molar-refractivity contribution in [2.24, 2.45) is 0 Å². The van der Waals surface area contributed by atoms with Gasteiger partial charge < -0.3 is 19.5 Å². The molecule has 0 spiro atoms. The highest BCUT2D eigenvalue weighted by atomic mass is 16.5. The fourth-order valence-corrected chi connectivity index (χ4v) is 1.76. The van der Waals surface area contributed by atoms with Crippen molar-refractivity contribution in [3.8, 4) is 5.88 Å². The molecule has 0 saturated carbocycles. The second-order valence-electron chi connectivity index (χ2n) is 4.78. The zero-order valence-corrected chi connectivity index (χ0v) is 13.6. The minimum absolute atomic E-state index is 0.484. The lowest BCUT2D eigenvalue weighted by Crippen LogP contribution is -2.12. The van der Waals surface area contributed by atoms with E-state index in [1.807, 2.05) is 13.8 Å². The summed E-state index contributed by atoms with van der Waals surface area (Å²) >= 11 is 0. The number of hydrogen-bond donors (Lipinski definition) is 1. The maximum absolute atomic E-state index is 5.70. The summed E-state index contributed by atoms with van der Waals surface area (Å²) < 4.78 is 16.1. The zero-order valence-electron chi connectivity index (χ0n) is 13.6. The van der Waals surface area contributed by atoms with Crippen molar-refractivity contribution in [2.45, 2.75) is 33.6 Å². The summed E-state index contributed by atoms with van der Waals surface area (Å²) in [4.78, 5) is 8.74. The van der Waals surface area contributed by atoms with Crippen LogP contribution in [0.25, 0.3) is 0 Å². The van der Waals surface area contributed by atoms with E-state index in [4.69, 9.17) is 14.2 Å². The minimum atomic E-state index is 0.484. The van der Waals surface area contributed by atoms with Crippen LogP contribution in [-0.4, -0.2) is 50.1 Å². The van der Waals surface area contributed by atoms with Gasteiger partial charge in [-0.15, -0.1) is 0 Å². The quantitative estimate of drug-likeness (QED) is 0.632. The van der Waals surface area contributed by atoms with E-state index in [1.54, 1.807) is 7.11 Å². The molecule has 0 aliphatic heterocycles. The number of rotatable bonds is 11. The molecule has 0 fully saturated rings. The molecule has 1 N–H and O–H groups in total. The number of nitrogens with one attached hydrogen (secondary N) is 1. The zero-order chi connectivity index (χ0) is 15.5. The number of aromatic nitrogens is 2. The van der Waals surface area contributed by atoms with Gasteiger partial charge in [0, 0.05) is 26.9 Å². The van der Waals surface area contributed by atoms with Crippen molar-refractivity contribution in [2.75, 3.05) is 45.4 Å². The van der Waals surface area contributed by atoms with Gasteiger partial charge in [-0.3, -0.25) is 0 Å². The number of hydrogen-bond acceptors (Lipinski definition) is 6. The fraction of sp³-hybridized carbons (Fsp3) is 0.733. The molecule has 1 rings (SSSR count). The Morgan fingerprint density at radius 1 is 1.05 bits per heavy atom. The molecule has 21 heavy (non-hydrogen) atoms. The molecular weight excluding hydrogens is 270 g/mol. The standard InChI is InChI=1S/C15H27N3O3/c1-5-7-16-14-12(2)15(18-13(3)17-14)21-11-10-20-9-6-8-19-4/h5-11H2,1-4H3,(H,16,17,18). The number of nitrogens with zero attached hydrogens (tertiary/aromatic N) is 2. The van der Waals surface area contributed by atoms with Gasteiger partial charge in [0.1, 0.15) is 18.2 Å². The van der Waals surface area contributed by atoms with Crippen LogP contribution in [0, 0.1) is 13.8 Å². The highest BCUT2D eigenvalue weighted by Crippen LogP contribution is 2.21. The Morgan fingerprint density at radius 3 is 2.57 bits per heavy atom. The van der Waals surface area contributed by atoms with Gasteiger partial charge >= 0.3 is 0 Å². The van der Waals surface area contributed by atoms with Gasteiger partial charge in [0.05, 0.1) is 12.2 Å². The highest BCUT2D eigenvalue weighted by Gasteiger charge is 2.09. The first-order valence-electron chi connectivity index (χ1n) is 7.47. The lowest BCUT2D eigenvalue weighted by Gasteiger charge is -2.13. The normalized spacial score (nSPS) is 10.7. The molecule has 6 nitrogen and oxygen atoms in total. The smallest absolute Gasteiger partial charge is 0.221 e. The predicted molar refractivity (Wildman–Crippen MR) is 83.1 cm³/mol. The molecule has 0 aromatic carbocycles. The van der Waals surface area contributed by atoms with Crippen molar-refractivity contribution in [3.05, 3.63) is 11.4 Å².